The Bertz CT molecular complexity index is 697. The predicted octanol–water partition coefficient (Wildman–Crippen LogP) is 2.78. The van der Waals surface area contributed by atoms with Gasteiger partial charge in [0, 0.05) is 26.3 Å². The van der Waals surface area contributed by atoms with Crippen LogP contribution in [-0.4, -0.2) is 30.9 Å². The molecule has 0 saturated heterocycles. The van der Waals surface area contributed by atoms with E-state index >= 15 is 0 Å². The molecule has 2 aromatic carbocycles. The molecule has 6 heteroatoms. The van der Waals surface area contributed by atoms with Gasteiger partial charge in [0.1, 0.15) is 5.82 Å². The van der Waals surface area contributed by atoms with Crippen LogP contribution in [0.4, 0.5) is 14.9 Å². The molecule has 5 nitrogen and oxygen atoms in total. The lowest BCUT2D eigenvalue weighted by Crippen LogP contribution is -2.28. The van der Waals surface area contributed by atoms with Gasteiger partial charge in [0.05, 0.1) is 6.42 Å². The van der Waals surface area contributed by atoms with Crippen LogP contribution >= 0.6 is 0 Å². The molecule has 0 saturated carbocycles. The van der Waals surface area contributed by atoms with E-state index in [1.165, 1.54) is 17.0 Å². The fourth-order valence-electron chi connectivity index (χ4n) is 2.00. The van der Waals surface area contributed by atoms with E-state index in [0.717, 1.165) is 11.1 Å². The normalized spacial score (nSPS) is 10.1. The summed E-state index contributed by atoms with van der Waals surface area (Å²) in [6, 6.07) is 12.7. The van der Waals surface area contributed by atoms with Crippen molar-refractivity contribution in [2.75, 3.05) is 19.4 Å². The summed E-state index contributed by atoms with van der Waals surface area (Å²) in [7, 11) is 3.42. The Balaban J connectivity index is 1.83. The summed E-state index contributed by atoms with van der Waals surface area (Å²) in [4.78, 5) is 25.0. The molecule has 2 N–H and O–H groups in total. The summed E-state index contributed by atoms with van der Waals surface area (Å²) in [6.45, 7) is 0.307. The van der Waals surface area contributed by atoms with Crippen molar-refractivity contribution in [3.8, 4) is 0 Å². The lowest BCUT2D eigenvalue weighted by atomic mass is 10.1. The summed E-state index contributed by atoms with van der Waals surface area (Å²) in [5, 5.41) is 5.40. The first kappa shape index (κ1) is 17.5. The fraction of sp³-hybridized carbons (Fsp3) is 0.222. The van der Waals surface area contributed by atoms with E-state index in [2.05, 4.69) is 10.6 Å². The monoisotopic (exact) mass is 329 g/mol. The number of amides is 3. The van der Waals surface area contributed by atoms with E-state index in [9.17, 15) is 14.0 Å². The first-order valence-corrected chi connectivity index (χ1v) is 7.52. The number of carbonyl (C=O) groups excluding carboxylic acids is 2. The molecule has 2 aromatic rings. The number of halogens is 1. The molecule has 0 atom stereocenters. The van der Waals surface area contributed by atoms with Gasteiger partial charge in [-0.15, -0.1) is 0 Å². The predicted molar refractivity (Wildman–Crippen MR) is 91.1 cm³/mol. The third-order valence-electron chi connectivity index (χ3n) is 3.43. The Hall–Kier alpha value is -2.89. The first-order valence-electron chi connectivity index (χ1n) is 7.52. The molecular weight excluding hydrogens is 309 g/mol. The van der Waals surface area contributed by atoms with Crippen LogP contribution in [0, 0.1) is 5.82 Å². The molecule has 24 heavy (non-hydrogen) atoms. The molecule has 0 heterocycles. The van der Waals surface area contributed by atoms with E-state index < -0.39 is 0 Å². The topological polar surface area (TPSA) is 61.4 Å². The maximum Gasteiger partial charge on any atom is 0.319 e. The second kappa shape index (κ2) is 8.10. The molecule has 3 amide bonds. The second-order valence-corrected chi connectivity index (χ2v) is 5.60. The van der Waals surface area contributed by atoms with Crippen LogP contribution in [0.25, 0.3) is 0 Å². The van der Waals surface area contributed by atoms with Crippen LogP contribution in [-0.2, 0) is 17.8 Å². The second-order valence-electron chi connectivity index (χ2n) is 5.60. The Morgan fingerprint density at radius 3 is 2.12 bits per heavy atom. The van der Waals surface area contributed by atoms with Crippen molar-refractivity contribution < 1.29 is 14.0 Å². The number of likely N-dealkylation sites (N-methyl/N-ethyl adjacent to an activating group) is 1. The zero-order valence-electron chi connectivity index (χ0n) is 13.7. The van der Waals surface area contributed by atoms with Gasteiger partial charge in [-0.25, -0.2) is 9.18 Å². The fourth-order valence-corrected chi connectivity index (χ4v) is 2.00. The molecular formula is C18H20FN3O2. The average molecular weight is 329 g/mol. The lowest BCUT2D eigenvalue weighted by molar-refractivity contribution is -0.127. The van der Waals surface area contributed by atoms with Crippen molar-refractivity contribution in [3.05, 3.63) is 65.5 Å². The Kier molecular flexibility index (Phi) is 5.89. The molecule has 2 rings (SSSR count). The van der Waals surface area contributed by atoms with Gasteiger partial charge in [0.15, 0.2) is 0 Å². The molecule has 0 aromatic heterocycles. The standard InChI is InChI=1S/C18H20FN3O2/c1-22(2)17(23)11-13-5-9-16(10-6-13)21-18(24)20-12-14-3-7-15(19)8-4-14/h3-10H,11-12H2,1-2H3,(H2,20,21,24). The van der Waals surface area contributed by atoms with E-state index in [0.29, 0.717) is 18.7 Å². The zero-order valence-corrected chi connectivity index (χ0v) is 13.7. The number of anilines is 1. The van der Waals surface area contributed by atoms with Crippen molar-refractivity contribution >= 4 is 17.6 Å². The van der Waals surface area contributed by atoms with Crippen LogP contribution in [0.3, 0.4) is 0 Å². The molecule has 0 aliphatic rings. The van der Waals surface area contributed by atoms with Gasteiger partial charge in [-0.05, 0) is 35.4 Å². The van der Waals surface area contributed by atoms with E-state index in [1.54, 1.807) is 50.5 Å². The number of carbonyl (C=O) groups is 2. The van der Waals surface area contributed by atoms with Gasteiger partial charge in [-0.2, -0.15) is 0 Å². The zero-order chi connectivity index (χ0) is 17.5. The van der Waals surface area contributed by atoms with E-state index in [1.807, 2.05) is 0 Å². The van der Waals surface area contributed by atoms with E-state index in [4.69, 9.17) is 0 Å². The van der Waals surface area contributed by atoms with Crippen LogP contribution < -0.4 is 10.6 Å². The van der Waals surface area contributed by atoms with Gasteiger partial charge in [0.2, 0.25) is 5.91 Å². The summed E-state index contributed by atoms with van der Waals surface area (Å²) in [5.74, 6) is -0.288. The Morgan fingerprint density at radius 2 is 1.54 bits per heavy atom. The van der Waals surface area contributed by atoms with Gasteiger partial charge < -0.3 is 15.5 Å². The highest BCUT2D eigenvalue weighted by atomic mass is 19.1. The number of rotatable bonds is 5. The van der Waals surface area contributed by atoms with E-state index in [-0.39, 0.29) is 17.8 Å². The Labute approximate surface area is 140 Å². The molecule has 0 aliphatic heterocycles. The van der Waals surface area contributed by atoms with Crippen LogP contribution in [0.5, 0.6) is 0 Å². The molecule has 0 bridgehead atoms. The SMILES string of the molecule is CN(C)C(=O)Cc1ccc(NC(=O)NCc2ccc(F)cc2)cc1. The average Bonchev–Trinajstić information content (AvgIpc) is 2.56. The number of hydrogen-bond donors (Lipinski definition) is 2. The summed E-state index contributed by atoms with van der Waals surface area (Å²) in [5.41, 5.74) is 2.32. The summed E-state index contributed by atoms with van der Waals surface area (Å²) >= 11 is 0. The minimum atomic E-state index is -0.351. The van der Waals surface area contributed by atoms with Crippen LogP contribution in [0.2, 0.25) is 0 Å². The van der Waals surface area contributed by atoms with Gasteiger partial charge in [-0.1, -0.05) is 24.3 Å². The molecule has 0 fully saturated rings. The van der Waals surface area contributed by atoms with Crippen molar-refractivity contribution in [3.63, 3.8) is 0 Å². The molecule has 0 aliphatic carbocycles. The maximum atomic E-state index is 12.8. The third kappa shape index (κ3) is 5.39. The number of nitrogens with zero attached hydrogens (tertiary/aromatic N) is 1. The molecule has 0 spiro atoms. The van der Waals surface area contributed by atoms with Gasteiger partial charge >= 0.3 is 6.03 Å². The largest absolute Gasteiger partial charge is 0.349 e. The first-order chi connectivity index (χ1) is 11.4. The minimum Gasteiger partial charge on any atom is -0.349 e. The van der Waals surface area contributed by atoms with Gasteiger partial charge in [-0.3, -0.25) is 4.79 Å². The molecule has 0 radical (unpaired) electrons. The summed E-state index contributed by atoms with van der Waals surface area (Å²) in [6.07, 6.45) is 0.323. The smallest absolute Gasteiger partial charge is 0.319 e. The molecule has 126 valence electrons. The van der Waals surface area contributed by atoms with Gasteiger partial charge in [0.25, 0.3) is 0 Å². The number of nitrogens with one attached hydrogen (secondary N) is 2. The van der Waals surface area contributed by atoms with Crippen molar-refractivity contribution in [1.82, 2.24) is 10.2 Å². The number of hydrogen-bond acceptors (Lipinski definition) is 2. The highest BCUT2D eigenvalue weighted by Crippen LogP contribution is 2.11. The number of urea groups is 1. The summed E-state index contributed by atoms with van der Waals surface area (Å²) < 4.78 is 12.8. The minimum absolute atomic E-state index is 0.0211. The third-order valence-corrected chi connectivity index (χ3v) is 3.43. The van der Waals surface area contributed by atoms with Crippen molar-refractivity contribution in [2.24, 2.45) is 0 Å². The quantitative estimate of drug-likeness (QED) is 0.886. The van der Waals surface area contributed by atoms with Crippen LogP contribution in [0.15, 0.2) is 48.5 Å². The van der Waals surface area contributed by atoms with Crippen molar-refractivity contribution in [2.45, 2.75) is 13.0 Å². The maximum absolute atomic E-state index is 12.8. The highest BCUT2D eigenvalue weighted by Gasteiger charge is 2.06. The van der Waals surface area contributed by atoms with Crippen LogP contribution in [0.1, 0.15) is 11.1 Å². The molecule has 0 unspecified atom stereocenters. The number of benzene rings is 2. The lowest BCUT2D eigenvalue weighted by Gasteiger charge is -2.11. The Morgan fingerprint density at radius 1 is 0.958 bits per heavy atom. The highest BCUT2D eigenvalue weighted by molar-refractivity contribution is 5.89. The van der Waals surface area contributed by atoms with Crippen molar-refractivity contribution in [1.29, 1.82) is 0 Å².